The molecule has 0 aliphatic carbocycles. The van der Waals surface area contributed by atoms with Crippen LogP contribution in [0.1, 0.15) is 16.1 Å². The zero-order valence-electron chi connectivity index (χ0n) is 9.88. The predicted molar refractivity (Wildman–Crippen MR) is 78.7 cm³/mol. The minimum Gasteiger partial charge on any atom is -0.320 e. The van der Waals surface area contributed by atoms with Crippen LogP contribution in [0.5, 0.6) is 0 Å². The molecule has 1 aromatic carbocycles. The van der Waals surface area contributed by atoms with E-state index in [0.29, 0.717) is 16.0 Å². The third kappa shape index (κ3) is 3.19. The first-order chi connectivity index (χ1) is 8.99. The average molecular weight is 388 g/mol. The maximum atomic E-state index is 13.8. The number of pyridine rings is 1. The highest BCUT2D eigenvalue weighted by molar-refractivity contribution is 9.10. The summed E-state index contributed by atoms with van der Waals surface area (Å²) in [5.41, 5.74) is 1.18. The van der Waals surface area contributed by atoms with Crippen LogP contribution >= 0.6 is 31.9 Å². The van der Waals surface area contributed by atoms with Crippen LogP contribution in [0.2, 0.25) is 0 Å². The van der Waals surface area contributed by atoms with Gasteiger partial charge in [0.15, 0.2) is 0 Å². The fourth-order valence-electron chi connectivity index (χ4n) is 1.53. The fraction of sp³-hybridized carbons (Fsp3) is 0.0769. The molecule has 0 saturated carbocycles. The van der Waals surface area contributed by atoms with Crippen molar-refractivity contribution in [2.24, 2.45) is 0 Å². The lowest BCUT2D eigenvalue weighted by molar-refractivity contribution is 0.102. The highest BCUT2D eigenvalue weighted by atomic mass is 79.9. The van der Waals surface area contributed by atoms with E-state index in [1.807, 2.05) is 0 Å². The van der Waals surface area contributed by atoms with Crippen LogP contribution in [0.15, 0.2) is 39.4 Å². The summed E-state index contributed by atoms with van der Waals surface area (Å²) in [6.07, 6.45) is 0. The molecule has 1 amide bonds. The second kappa shape index (κ2) is 5.79. The first-order valence-corrected chi connectivity index (χ1v) is 6.96. The average Bonchev–Trinajstić information content (AvgIpc) is 2.36. The van der Waals surface area contributed by atoms with E-state index < -0.39 is 11.7 Å². The van der Waals surface area contributed by atoms with Gasteiger partial charge in [-0.15, -0.1) is 0 Å². The summed E-state index contributed by atoms with van der Waals surface area (Å²) in [5.74, 6) is -1.09. The van der Waals surface area contributed by atoms with Gasteiger partial charge in [-0.1, -0.05) is 6.07 Å². The first kappa shape index (κ1) is 14.1. The van der Waals surface area contributed by atoms with Gasteiger partial charge in [0.2, 0.25) is 0 Å². The summed E-state index contributed by atoms with van der Waals surface area (Å²) in [5, 5.41) is 2.64. The smallest absolute Gasteiger partial charge is 0.258 e. The van der Waals surface area contributed by atoms with Crippen molar-refractivity contribution in [3.05, 3.63) is 56.5 Å². The molecule has 0 aliphatic rings. The van der Waals surface area contributed by atoms with Gasteiger partial charge in [-0.25, -0.2) is 9.37 Å². The molecule has 0 unspecified atom stereocenters. The van der Waals surface area contributed by atoms with Gasteiger partial charge in [-0.05, 0) is 63.0 Å². The molecule has 0 aliphatic heterocycles. The van der Waals surface area contributed by atoms with E-state index in [0.717, 1.165) is 0 Å². The van der Waals surface area contributed by atoms with Gasteiger partial charge in [-0.3, -0.25) is 4.79 Å². The number of benzene rings is 1. The van der Waals surface area contributed by atoms with Crippen LogP contribution in [0, 0.1) is 12.7 Å². The van der Waals surface area contributed by atoms with E-state index in [1.54, 1.807) is 31.2 Å². The van der Waals surface area contributed by atoms with E-state index in [4.69, 9.17) is 0 Å². The molecule has 2 aromatic rings. The Morgan fingerprint density at radius 2 is 2.00 bits per heavy atom. The Bertz CT molecular complexity index is 647. The largest absolute Gasteiger partial charge is 0.320 e. The molecule has 1 N–H and O–H groups in total. The molecule has 0 saturated heterocycles. The maximum absolute atomic E-state index is 13.8. The van der Waals surface area contributed by atoms with Crippen LogP contribution in [0.3, 0.4) is 0 Å². The van der Waals surface area contributed by atoms with Gasteiger partial charge in [-0.2, -0.15) is 0 Å². The maximum Gasteiger partial charge on any atom is 0.258 e. The number of carbonyl (C=O) groups excluding carboxylic acids is 1. The second-order valence-corrected chi connectivity index (χ2v) is 5.49. The van der Waals surface area contributed by atoms with Crippen molar-refractivity contribution in [3.63, 3.8) is 0 Å². The lowest BCUT2D eigenvalue weighted by atomic mass is 10.2. The Hall–Kier alpha value is -1.27. The fourth-order valence-corrected chi connectivity index (χ4v) is 2.30. The molecule has 1 heterocycles. The van der Waals surface area contributed by atoms with Crippen LogP contribution in [-0.2, 0) is 0 Å². The summed E-state index contributed by atoms with van der Waals surface area (Å²) in [4.78, 5) is 16.2. The van der Waals surface area contributed by atoms with E-state index in [2.05, 4.69) is 42.2 Å². The minimum atomic E-state index is -0.581. The summed E-state index contributed by atoms with van der Waals surface area (Å²) in [7, 11) is 0. The number of carbonyl (C=O) groups is 1. The van der Waals surface area contributed by atoms with E-state index >= 15 is 0 Å². The van der Waals surface area contributed by atoms with Gasteiger partial charge in [0.1, 0.15) is 10.4 Å². The van der Waals surface area contributed by atoms with Crippen molar-refractivity contribution < 1.29 is 9.18 Å². The Morgan fingerprint density at radius 3 is 2.68 bits per heavy atom. The summed E-state index contributed by atoms with van der Waals surface area (Å²) in [6.45, 7) is 1.76. The highest BCUT2D eigenvalue weighted by Gasteiger charge is 2.15. The van der Waals surface area contributed by atoms with Gasteiger partial charge >= 0.3 is 0 Å². The van der Waals surface area contributed by atoms with Crippen LogP contribution < -0.4 is 5.32 Å². The number of rotatable bonds is 2. The number of aromatic nitrogens is 1. The SMILES string of the molecule is Cc1nc(Br)ccc1NC(=O)c1cccc(Br)c1F. The number of halogens is 3. The number of nitrogens with zero attached hydrogens (tertiary/aromatic N) is 1. The van der Waals surface area contributed by atoms with Crippen molar-refractivity contribution in [2.45, 2.75) is 6.92 Å². The molecule has 0 bridgehead atoms. The van der Waals surface area contributed by atoms with Crippen LogP contribution in [0.25, 0.3) is 0 Å². The lowest BCUT2D eigenvalue weighted by Crippen LogP contribution is -2.15. The highest BCUT2D eigenvalue weighted by Crippen LogP contribution is 2.21. The second-order valence-electron chi connectivity index (χ2n) is 3.82. The Labute approximate surface area is 126 Å². The molecular weight excluding hydrogens is 379 g/mol. The number of amides is 1. The van der Waals surface area contributed by atoms with Crippen molar-refractivity contribution in [1.29, 1.82) is 0 Å². The molecule has 0 fully saturated rings. The molecule has 6 heteroatoms. The monoisotopic (exact) mass is 386 g/mol. The minimum absolute atomic E-state index is 0.0170. The quantitative estimate of drug-likeness (QED) is 0.780. The van der Waals surface area contributed by atoms with Crippen molar-refractivity contribution >= 4 is 43.5 Å². The molecule has 0 radical (unpaired) electrons. The number of hydrogen-bond donors (Lipinski definition) is 1. The van der Waals surface area contributed by atoms with Gasteiger partial charge in [0.05, 0.1) is 21.4 Å². The molecule has 2 rings (SSSR count). The van der Waals surface area contributed by atoms with Gasteiger partial charge in [0, 0.05) is 0 Å². The lowest BCUT2D eigenvalue weighted by Gasteiger charge is -2.09. The van der Waals surface area contributed by atoms with Crippen LogP contribution in [-0.4, -0.2) is 10.9 Å². The van der Waals surface area contributed by atoms with E-state index in [1.165, 1.54) is 6.07 Å². The molecule has 98 valence electrons. The summed E-state index contributed by atoms with van der Waals surface area (Å²) >= 11 is 6.29. The zero-order chi connectivity index (χ0) is 14.0. The Kier molecular flexibility index (Phi) is 4.31. The van der Waals surface area contributed by atoms with Crippen LogP contribution in [0.4, 0.5) is 10.1 Å². The molecule has 0 atom stereocenters. The first-order valence-electron chi connectivity index (χ1n) is 5.37. The number of nitrogens with one attached hydrogen (secondary N) is 1. The van der Waals surface area contributed by atoms with Gasteiger partial charge < -0.3 is 5.32 Å². The Balaban J connectivity index is 2.28. The zero-order valence-corrected chi connectivity index (χ0v) is 13.0. The number of anilines is 1. The molecule has 19 heavy (non-hydrogen) atoms. The third-order valence-corrected chi connectivity index (χ3v) is 3.55. The standard InChI is InChI=1S/C13H9Br2FN2O/c1-7-10(5-6-11(15)17-7)18-13(19)8-3-2-4-9(14)12(8)16/h2-6H,1H3,(H,18,19). The van der Waals surface area contributed by atoms with Gasteiger partial charge in [0.25, 0.3) is 5.91 Å². The third-order valence-electron chi connectivity index (χ3n) is 2.50. The van der Waals surface area contributed by atoms with Crippen molar-refractivity contribution in [3.8, 4) is 0 Å². The Morgan fingerprint density at radius 1 is 1.26 bits per heavy atom. The molecule has 1 aromatic heterocycles. The number of aryl methyl sites for hydroxylation is 1. The van der Waals surface area contributed by atoms with Crippen molar-refractivity contribution in [2.75, 3.05) is 5.32 Å². The van der Waals surface area contributed by atoms with E-state index in [9.17, 15) is 9.18 Å². The predicted octanol–water partition coefficient (Wildman–Crippen LogP) is 4.31. The normalized spacial score (nSPS) is 10.3. The molecule has 0 spiro atoms. The van der Waals surface area contributed by atoms with E-state index in [-0.39, 0.29) is 10.0 Å². The molecular formula is C13H9Br2FN2O. The summed E-state index contributed by atoms with van der Waals surface area (Å²) < 4.78 is 14.7. The topological polar surface area (TPSA) is 42.0 Å². The number of hydrogen-bond acceptors (Lipinski definition) is 2. The summed E-state index contributed by atoms with van der Waals surface area (Å²) in [6, 6.07) is 7.99. The van der Waals surface area contributed by atoms with Crippen molar-refractivity contribution in [1.82, 2.24) is 4.98 Å². The molecule has 3 nitrogen and oxygen atoms in total.